The number of nitrogen functional groups attached to an aromatic ring is 1. The van der Waals surface area contributed by atoms with Crippen LogP contribution in [0.3, 0.4) is 0 Å². The maximum absolute atomic E-state index is 11.7. The highest BCUT2D eigenvalue weighted by Gasteiger charge is 2.41. The van der Waals surface area contributed by atoms with E-state index in [1.165, 1.54) is 18.4 Å². The fraction of sp³-hybridized carbons (Fsp3) is 0.636. The molecule has 0 aliphatic carbocycles. The van der Waals surface area contributed by atoms with E-state index in [0.717, 1.165) is 30.9 Å². The van der Waals surface area contributed by atoms with Gasteiger partial charge in [-0.2, -0.15) is 0 Å². The van der Waals surface area contributed by atoms with Crippen molar-refractivity contribution < 1.29 is 9.53 Å². The molecule has 2 rings (SSSR count). The summed E-state index contributed by atoms with van der Waals surface area (Å²) in [4.78, 5) is 19.1. The lowest BCUT2D eigenvalue weighted by Gasteiger charge is -2.21. The molecule has 5 nitrogen and oxygen atoms in total. The van der Waals surface area contributed by atoms with E-state index in [1.54, 1.807) is 6.20 Å². The summed E-state index contributed by atoms with van der Waals surface area (Å²) in [7, 11) is 1.44. The second-order valence-electron chi connectivity index (χ2n) is 4.68. The molecule has 1 aliphatic heterocycles. The van der Waals surface area contributed by atoms with Crippen molar-refractivity contribution in [3.8, 4) is 0 Å². The van der Waals surface area contributed by atoms with Crippen LogP contribution in [-0.4, -0.2) is 36.1 Å². The van der Waals surface area contributed by atoms with Crippen LogP contribution in [0.2, 0.25) is 0 Å². The molecule has 1 unspecified atom stereocenters. The topological polar surface area (TPSA) is 68.5 Å². The number of hydrogen-bond acceptors (Lipinski definition) is 6. The van der Waals surface area contributed by atoms with E-state index in [0.29, 0.717) is 5.13 Å². The quantitative estimate of drug-likeness (QED) is 0.856. The number of esters is 1. The van der Waals surface area contributed by atoms with Gasteiger partial charge in [-0.3, -0.25) is 9.69 Å². The number of nitrogens with zero attached hydrogens (tertiary/aromatic N) is 2. The summed E-state index contributed by atoms with van der Waals surface area (Å²) in [6.07, 6.45) is 2.64. The molecule has 0 spiro atoms. The van der Waals surface area contributed by atoms with Gasteiger partial charge in [-0.25, -0.2) is 4.98 Å². The van der Waals surface area contributed by atoms with E-state index in [-0.39, 0.29) is 23.8 Å². The molecule has 1 fully saturated rings. The highest BCUT2D eigenvalue weighted by molar-refractivity contribution is 7.15. The summed E-state index contributed by atoms with van der Waals surface area (Å²) < 4.78 is 4.84. The van der Waals surface area contributed by atoms with Crippen molar-refractivity contribution in [2.24, 2.45) is 5.41 Å². The van der Waals surface area contributed by atoms with Crippen LogP contribution >= 0.6 is 23.7 Å². The van der Waals surface area contributed by atoms with Crippen molar-refractivity contribution >= 4 is 34.8 Å². The van der Waals surface area contributed by atoms with Crippen molar-refractivity contribution in [2.45, 2.75) is 19.9 Å². The van der Waals surface area contributed by atoms with Gasteiger partial charge in [0.05, 0.1) is 12.5 Å². The van der Waals surface area contributed by atoms with Crippen molar-refractivity contribution in [2.75, 3.05) is 25.9 Å². The maximum Gasteiger partial charge on any atom is 0.312 e. The first-order chi connectivity index (χ1) is 8.03. The highest BCUT2D eigenvalue weighted by Crippen LogP contribution is 2.32. The molecule has 102 valence electrons. The number of thiazole rings is 1. The minimum atomic E-state index is -0.370. The van der Waals surface area contributed by atoms with Gasteiger partial charge in [0.1, 0.15) is 0 Å². The van der Waals surface area contributed by atoms with E-state index >= 15 is 0 Å². The number of rotatable bonds is 3. The van der Waals surface area contributed by atoms with Crippen molar-refractivity contribution in [3.05, 3.63) is 11.1 Å². The van der Waals surface area contributed by atoms with Crippen molar-refractivity contribution in [1.82, 2.24) is 9.88 Å². The van der Waals surface area contributed by atoms with Crippen LogP contribution < -0.4 is 5.73 Å². The average Bonchev–Trinajstić information content (AvgIpc) is 2.86. The number of anilines is 1. The molecule has 0 saturated carbocycles. The predicted octanol–water partition coefficient (Wildman–Crippen LogP) is 1.53. The number of halogens is 1. The Morgan fingerprint density at radius 3 is 3.00 bits per heavy atom. The van der Waals surface area contributed by atoms with Gasteiger partial charge in [-0.15, -0.1) is 23.7 Å². The van der Waals surface area contributed by atoms with E-state index in [9.17, 15) is 4.79 Å². The van der Waals surface area contributed by atoms with Crippen LogP contribution in [0, 0.1) is 5.41 Å². The number of hydrogen-bond donors (Lipinski definition) is 1. The zero-order valence-corrected chi connectivity index (χ0v) is 12.1. The standard InChI is InChI=1S/C11H17N3O2S.ClH/c1-11(9(15)16-2)3-4-14(7-11)6-8-5-13-10(12)17-8;/h5H,3-4,6-7H2,1-2H3,(H2,12,13);1H. The van der Waals surface area contributed by atoms with Gasteiger partial charge in [0.25, 0.3) is 0 Å². The number of carbonyl (C=O) groups excluding carboxylic acids is 1. The lowest BCUT2D eigenvalue weighted by atomic mass is 9.90. The lowest BCUT2D eigenvalue weighted by Crippen LogP contribution is -2.32. The number of ether oxygens (including phenoxy) is 1. The Labute approximate surface area is 117 Å². The second-order valence-corrected chi connectivity index (χ2v) is 5.82. The van der Waals surface area contributed by atoms with Gasteiger partial charge in [-0.1, -0.05) is 0 Å². The van der Waals surface area contributed by atoms with Crippen LogP contribution in [-0.2, 0) is 16.1 Å². The number of methoxy groups -OCH3 is 1. The summed E-state index contributed by atoms with van der Waals surface area (Å²) in [6.45, 7) is 4.40. The zero-order chi connectivity index (χ0) is 12.5. The summed E-state index contributed by atoms with van der Waals surface area (Å²) in [5, 5.41) is 0.593. The van der Waals surface area contributed by atoms with Gasteiger partial charge in [0.15, 0.2) is 5.13 Å². The molecule has 0 amide bonds. The third kappa shape index (κ3) is 3.13. The summed E-state index contributed by atoms with van der Waals surface area (Å²) in [6, 6.07) is 0. The third-order valence-corrected chi connectivity index (χ3v) is 3.99. The summed E-state index contributed by atoms with van der Waals surface area (Å²) in [5.74, 6) is -0.121. The Morgan fingerprint density at radius 1 is 1.72 bits per heavy atom. The monoisotopic (exact) mass is 291 g/mol. The zero-order valence-electron chi connectivity index (χ0n) is 10.5. The molecule has 2 heterocycles. The Bertz CT molecular complexity index is 426. The maximum atomic E-state index is 11.7. The van der Waals surface area contributed by atoms with Gasteiger partial charge < -0.3 is 10.5 Å². The number of nitrogens with two attached hydrogens (primary N) is 1. The van der Waals surface area contributed by atoms with Crippen molar-refractivity contribution in [3.63, 3.8) is 0 Å². The molecule has 1 aromatic heterocycles. The normalized spacial score (nSPS) is 23.7. The van der Waals surface area contributed by atoms with Crippen molar-refractivity contribution in [1.29, 1.82) is 0 Å². The van der Waals surface area contributed by atoms with E-state index in [4.69, 9.17) is 10.5 Å². The van der Waals surface area contributed by atoms with Crippen LogP contribution in [0.5, 0.6) is 0 Å². The van der Waals surface area contributed by atoms with E-state index < -0.39 is 0 Å². The minimum absolute atomic E-state index is 0. The molecular weight excluding hydrogens is 274 g/mol. The Balaban J connectivity index is 0.00000162. The average molecular weight is 292 g/mol. The Hall–Kier alpha value is -0.850. The first-order valence-corrected chi connectivity index (χ1v) is 6.36. The first kappa shape index (κ1) is 15.2. The molecule has 1 saturated heterocycles. The van der Waals surface area contributed by atoms with E-state index in [2.05, 4.69) is 9.88 Å². The molecule has 1 atom stereocenters. The molecule has 0 bridgehead atoms. The van der Waals surface area contributed by atoms with Crippen LogP contribution in [0.15, 0.2) is 6.20 Å². The smallest absolute Gasteiger partial charge is 0.312 e. The molecule has 2 N–H and O–H groups in total. The largest absolute Gasteiger partial charge is 0.469 e. The molecular formula is C11H18ClN3O2S. The summed E-state index contributed by atoms with van der Waals surface area (Å²) >= 11 is 1.50. The predicted molar refractivity (Wildman–Crippen MR) is 73.8 cm³/mol. The first-order valence-electron chi connectivity index (χ1n) is 5.54. The van der Waals surface area contributed by atoms with Gasteiger partial charge in [-0.05, 0) is 19.9 Å². The SMILES string of the molecule is COC(=O)C1(C)CCN(Cc2cnc(N)s2)C1.Cl. The second kappa shape index (κ2) is 5.86. The van der Waals surface area contributed by atoms with Gasteiger partial charge in [0, 0.05) is 24.2 Å². The number of likely N-dealkylation sites (tertiary alicyclic amines) is 1. The number of carbonyl (C=O) groups is 1. The van der Waals surface area contributed by atoms with E-state index in [1.807, 2.05) is 6.92 Å². The number of aromatic nitrogens is 1. The molecule has 0 aromatic carbocycles. The molecule has 18 heavy (non-hydrogen) atoms. The van der Waals surface area contributed by atoms with Crippen LogP contribution in [0.25, 0.3) is 0 Å². The van der Waals surface area contributed by atoms with Gasteiger partial charge in [0.2, 0.25) is 0 Å². The molecule has 7 heteroatoms. The highest BCUT2D eigenvalue weighted by atomic mass is 35.5. The fourth-order valence-corrected chi connectivity index (χ4v) is 2.95. The van der Waals surface area contributed by atoms with Crippen LogP contribution in [0.1, 0.15) is 18.2 Å². The third-order valence-electron chi connectivity index (χ3n) is 3.18. The molecule has 1 aromatic rings. The molecule has 1 aliphatic rings. The molecule has 0 radical (unpaired) electrons. The minimum Gasteiger partial charge on any atom is -0.469 e. The van der Waals surface area contributed by atoms with Gasteiger partial charge >= 0.3 is 5.97 Å². The Kier molecular flexibility index (Phi) is 4.95. The fourth-order valence-electron chi connectivity index (χ4n) is 2.22. The van der Waals surface area contributed by atoms with Crippen LogP contribution in [0.4, 0.5) is 5.13 Å². The summed E-state index contributed by atoms with van der Waals surface area (Å²) in [5.41, 5.74) is 5.22. The Morgan fingerprint density at radius 2 is 2.44 bits per heavy atom. The lowest BCUT2D eigenvalue weighted by molar-refractivity contribution is -0.151.